The maximum absolute atomic E-state index is 9.86. The summed E-state index contributed by atoms with van der Waals surface area (Å²) in [5.41, 5.74) is 2.56. The van der Waals surface area contributed by atoms with E-state index in [-0.39, 0.29) is 5.38 Å². The molecule has 1 aliphatic rings. The van der Waals surface area contributed by atoms with Gasteiger partial charge in [-0.3, -0.25) is 0 Å². The Balaban J connectivity index is 2.33. The van der Waals surface area contributed by atoms with E-state index in [0.717, 1.165) is 12.8 Å². The van der Waals surface area contributed by atoms with Gasteiger partial charge in [0.15, 0.2) is 0 Å². The van der Waals surface area contributed by atoms with Gasteiger partial charge in [-0.25, -0.2) is 0 Å². The molecule has 100 valence electrons. The van der Waals surface area contributed by atoms with Crippen molar-refractivity contribution in [3.8, 4) is 0 Å². The predicted octanol–water partition coefficient (Wildman–Crippen LogP) is 3.66. The molecule has 0 fully saturated rings. The van der Waals surface area contributed by atoms with Crippen LogP contribution < -0.4 is 0 Å². The number of nitrogens with zero attached hydrogens (tertiary/aromatic N) is 1. The van der Waals surface area contributed by atoms with E-state index in [9.17, 15) is 5.02 Å². The molecule has 0 radical (unpaired) electrons. The fraction of sp³-hybridized carbons (Fsp3) is 0.714. The molecule has 1 aliphatic carbocycles. The van der Waals surface area contributed by atoms with Gasteiger partial charge in [-0.15, -0.1) is 11.6 Å². The summed E-state index contributed by atoms with van der Waals surface area (Å²) < 4.78 is 2.01. The number of halogens is 1. The van der Waals surface area contributed by atoms with Gasteiger partial charge < -0.3 is 9.50 Å². The molecule has 1 aromatic heterocycles. The summed E-state index contributed by atoms with van der Waals surface area (Å²) in [6.45, 7) is 3.91. The van der Waals surface area contributed by atoms with Crippen LogP contribution in [0.3, 0.4) is 0 Å². The Morgan fingerprint density at radius 3 is 2.78 bits per heavy atom. The monoisotopic (exact) mass is 267 g/mol. The molecule has 0 aliphatic heterocycles. The van der Waals surface area contributed by atoms with Crippen LogP contribution in [0.1, 0.15) is 56.2 Å². The molecular weight excluding hydrogens is 244 g/mol. The maximum atomic E-state index is 9.86. The molecule has 0 amide bonds. The second-order valence-corrected chi connectivity index (χ2v) is 6.23. The van der Waals surface area contributed by atoms with E-state index in [2.05, 4.69) is 19.2 Å². The quantitative estimate of drug-likeness (QED) is 0.642. The minimum Gasteiger partial charge on any atom is -0.432 e. The molecule has 1 aromatic rings. The first kappa shape index (κ1) is 14.0. The number of fused-ring (bicyclic) bond motifs is 2. The zero-order chi connectivity index (χ0) is 13.1. The van der Waals surface area contributed by atoms with E-state index in [1.807, 2.05) is 11.3 Å². The minimum atomic E-state index is -0.444. The number of aromatic nitrogens is 1. The van der Waals surface area contributed by atoms with Gasteiger partial charge in [-0.2, -0.15) is 0 Å². The molecule has 2 nitrogen and oxygen atoms in total. The first-order chi connectivity index (χ1) is 8.59. The minimum absolute atomic E-state index is 0.155. The summed E-state index contributed by atoms with van der Waals surface area (Å²) >= 11 is 6.34. The van der Waals surface area contributed by atoms with E-state index >= 15 is 0 Å². The zero-order valence-corrected chi connectivity index (χ0v) is 12.2. The van der Waals surface area contributed by atoms with Gasteiger partial charge in [0.25, 0.3) is 0 Å². The van der Waals surface area contributed by atoms with Crippen molar-refractivity contribution in [3.05, 3.63) is 23.5 Å². The highest BCUT2D eigenvalue weighted by molar-refractivity contribution is 6.47. The summed E-state index contributed by atoms with van der Waals surface area (Å²) in [4.78, 5) is 0. The fourth-order valence-corrected chi connectivity index (χ4v) is 3.26. The van der Waals surface area contributed by atoms with E-state index in [1.54, 1.807) is 0 Å². The summed E-state index contributed by atoms with van der Waals surface area (Å²) in [7, 11) is -0.444. The van der Waals surface area contributed by atoms with Crippen molar-refractivity contribution in [3.63, 3.8) is 0 Å². The predicted molar refractivity (Wildman–Crippen MR) is 78.5 cm³/mol. The highest BCUT2D eigenvalue weighted by Gasteiger charge is 2.22. The van der Waals surface area contributed by atoms with Crippen LogP contribution in [-0.4, -0.2) is 21.9 Å². The van der Waals surface area contributed by atoms with Crippen LogP contribution in [0.2, 0.25) is 6.82 Å². The zero-order valence-electron chi connectivity index (χ0n) is 11.4. The molecule has 4 heteroatoms. The lowest BCUT2D eigenvalue weighted by Gasteiger charge is -2.18. The average molecular weight is 268 g/mol. The summed E-state index contributed by atoms with van der Waals surface area (Å²) in [5, 5.41) is 10.0. The van der Waals surface area contributed by atoms with Crippen LogP contribution >= 0.6 is 11.6 Å². The van der Waals surface area contributed by atoms with Gasteiger partial charge in [0, 0.05) is 17.0 Å². The van der Waals surface area contributed by atoms with Crippen LogP contribution in [-0.2, 0) is 6.42 Å². The third-order valence-electron chi connectivity index (χ3n) is 4.04. The Labute approximate surface area is 115 Å². The van der Waals surface area contributed by atoms with Crippen LogP contribution in [0, 0.1) is 0 Å². The Kier molecular flexibility index (Phi) is 4.80. The first-order valence-corrected chi connectivity index (χ1v) is 7.56. The molecule has 0 aromatic carbocycles. The van der Waals surface area contributed by atoms with Crippen LogP contribution in [0.5, 0.6) is 0 Å². The summed E-state index contributed by atoms with van der Waals surface area (Å²) in [6, 6.07) is 2.25. The Bertz CT molecular complexity index is 389. The second kappa shape index (κ2) is 6.16. The number of aryl methyl sites for hydroxylation is 1. The fourth-order valence-electron chi connectivity index (χ4n) is 2.99. The van der Waals surface area contributed by atoms with Crippen molar-refractivity contribution in [1.29, 1.82) is 0 Å². The van der Waals surface area contributed by atoms with E-state index in [4.69, 9.17) is 11.6 Å². The van der Waals surface area contributed by atoms with Crippen LogP contribution in [0.25, 0.3) is 0 Å². The van der Waals surface area contributed by atoms with Crippen LogP contribution in [0.15, 0.2) is 12.3 Å². The van der Waals surface area contributed by atoms with Crippen molar-refractivity contribution < 1.29 is 5.02 Å². The van der Waals surface area contributed by atoms with Gasteiger partial charge >= 0.3 is 7.05 Å². The third-order valence-corrected chi connectivity index (χ3v) is 4.34. The number of hydrogen-bond donors (Lipinski definition) is 1. The number of hydrogen-bond acceptors (Lipinski definition) is 1. The van der Waals surface area contributed by atoms with Crippen molar-refractivity contribution in [2.75, 3.05) is 0 Å². The van der Waals surface area contributed by atoms with Crippen molar-refractivity contribution in [1.82, 2.24) is 4.48 Å². The molecule has 2 atom stereocenters. The Morgan fingerprint density at radius 2 is 2.11 bits per heavy atom. The lowest BCUT2D eigenvalue weighted by Crippen LogP contribution is -2.21. The largest absolute Gasteiger partial charge is 0.432 e. The Hall–Kier alpha value is -0.405. The molecule has 2 bridgehead atoms. The molecule has 0 saturated carbocycles. The van der Waals surface area contributed by atoms with Gasteiger partial charge in [-0.05, 0) is 50.8 Å². The summed E-state index contributed by atoms with van der Waals surface area (Å²) in [5.74, 6) is 0.420. The topological polar surface area (TPSA) is 25.2 Å². The van der Waals surface area contributed by atoms with E-state index in [0.29, 0.717) is 5.92 Å². The Morgan fingerprint density at radius 1 is 1.39 bits per heavy atom. The molecule has 2 unspecified atom stereocenters. The van der Waals surface area contributed by atoms with Crippen molar-refractivity contribution in [2.24, 2.45) is 0 Å². The maximum Gasteiger partial charge on any atom is 0.413 e. The molecule has 1 heterocycles. The average Bonchev–Trinajstić information content (AvgIpc) is 2.70. The summed E-state index contributed by atoms with van der Waals surface area (Å²) in [6.07, 6.45) is 9.39. The smallest absolute Gasteiger partial charge is 0.413 e. The van der Waals surface area contributed by atoms with Gasteiger partial charge in [0.1, 0.15) is 0 Å². The third kappa shape index (κ3) is 3.13. The highest BCUT2D eigenvalue weighted by Crippen LogP contribution is 2.32. The lowest BCUT2D eigenvalue weighted by atomic mass is 9.87. The highest BCUT2D eigenvalue weighted by atomic mass is 35.5. The number of alkyl halides is 1. The standard InChI is InChI=1S/C14H23BClNO/c1-11(16)14-8-6-4-3-5-7-13-9-12(14)10-17(13)15(2)18/h9-11,14,18H,3-8H2,1-2H3. The van der Waals surface area contributed by atoms with Gasteiger partial charge in [0.05, 0.1) is 0 Å². The van der Waals surface area contributed by atoms with Gasteiger partial charge in [0.2, 0.25) is 0 Å². The normalized spacial score (nSPS) is 22.6. The second-order valence-electron chi connectivity index (χ2n) is 5.54. The SMILES string of the molecule is CB(O)n1cc2cc1CCCCCCC2C(C)Cl. The van der Waals surface area contributed by atoms with E-state index in [1.165, 1.54) is 36.9 Å². The van der Waals surface area contributed by atoms with Gasteiger partial charge in [-0.1, -0.05) is 19.3 Å². The van der Waals surface area contributed by atoms with E-state index < -0.39 is 7.05 Å². The molecular formula is C14H23BClNO. The number of rotatable bonds is 2. The molecule has 18 heavy (non-hydrogen) atoms. The lowest BCUT2D eigenvalue weighted by molar-refractivity contribution is 0.537. The first-order valence-electron chi connectivity index (χ1n) is 7.12. The molecule has 2 rings (SSSR count). The van der Waals surface area contributed by atoms with Crippen molar-refractivity contribution in [2.45, 2.75) is 63.6 Å². The molecule has 0 saturated heterocycles. The van der Waals surface area contributed by atoms with Crippen LogP contribution in [0.4, 0.5) is 0 Å². The molecule has 1 N–H and O–H groups in total. The van der Waals surface area contributed by atoms with Crippen molar-refractivity contribution >= 4 is 18.7 Å². The molecule has 0 spiro atoms.